The normalized spacial score (nSPS) is 11.0. The van der Waals surface area contributed by atoms with E-state index in [4.69, 9.17) is 0 Å². The number of rotatable bonds is 2. The summed E-state index contributed by atoms with van der Waals surface area (Å²) in [7, 11) is 0. The smallest absolute Gasteiger partial charge is 0.101 e. The highest BCUT2D eigenvalue weighted by Gasteiger charge is 2.17. The standard InChI is InChI=1S/C30H17N3/c31-18-20-10-13-27(24(16-20)19-32)33-28-14-12-23(21-6-2-1-3-7-21)17-26(28)30-25-9-5-4-8-22(25)11-15-29(30)33/h1-17H. The van der Waals surface area contributed by atoms with Crippen LogP contribution in [0.2, 0.25) is 0 Å². The molecule has 0 aliphatic rings. The Morgan fingerprint density at radius 3 is 2.18 bits per heavy atom. The van der Waals surface area contributed by atoms with Crippen molar-refractivity contribution in [3.8, 4) is 29.0 Å². The Kier molecular flexibility index (Phi) is 4.22. The van der Waals surface area contributed by atoms with Crippen LogP contribution < -0.4 is 0 Å². The molecule has 0 amide bonds. The third kappa shape index (κ3) is 2.88. The Balaban J connectivity index is 1.78. The molecule has 6 aromatic rings. The quantitative estimate of drug-likeness (QED) is 0.295. The highest BCUT2D eigenvalue weighted by Crippen LogP contribution is 2.39. The highest BCUT2D eigenvalue weighted by atomic mass is 15.0. The van der Waals surface area contributed by atoms with E-state index < -0.39 is 0 Å². The van der Waals surface area contributed by atoms with Gasteiger partial charge < -0.3 is 4.57 Å². The fraction of sp³-hybridized carbons (Fsp3) is 0. The zero-order chi connectivity index (χ0) is 22.4. The number of fused-ring (bicyclic) bond motifs is 5. The summed E-state index contributed by atoms with van der Waals surface area (Å²) in [5.74, 6) is 0. The van der Waals surface area contributed by atoms with Crippen LogP contribution in [0.5, 0.6) is 0 Å². The fourth-order valence-corrected chi connectivity index (χ4v) is 4.75. The van der Waals surface area contributed by atoms with E-state index in [-0.39, 0.29) is 0 Å². The van der Waals surface area contributed by atoms with Gasteiger partial charge in [0.1, 0.15) is 6.07 Å². The van der Waals surface area contributed by atoms with Gasteiger partial charge in [0, 0.05) is 10.8 Å². The molecule has 0 saturated heterocycles. The molecule has 1 aromatic heterocycles. The van der Waals surface area contributed by atoms with Gasteiger partial charge in [-0.25, -0.2) is 0 Å². The molecule has 0 spiro atoms. The second-order valence-electron chi connectivity index (χ2n) is 8.07. The molecule has 0 atom stereocenters. The maximum Gasteiger partial charge on any atom is 0.101 e. The van der Waals surface area contributed by atoms with Crippen molar-refractivity contribution in [1.82, 2.24) is 4.57 Å². The maximum atomic E-state index is 9.87. The van der Waals surface area contributed by atoms with Crippen LogP contribution >= 0.6 is 0 Å². The molecule has 0 bridgehead atoms. The van der Waals surface area contributed by atoms with Crippen LogP contribution in [0, 0.1) is 22.7 Å². The van der Waals surface area contributed by atoms with Crippen molar-refractivity contribution in [2.75, 3.05) is 0 Å². The maximum absolute atomic E-state index is 9.87. The van der Waals surface area contributed by atoms with Crippen LogP contribution in [-0.4, -0.2) is 4.57 Å². The zero-order valence-electron chi connectivity index (χ0n) is 17.7. The van der Waals surface area contributed by atoms with Crippen LogP contribution in [0.15, 0.2) is 103 Å². The zero-order valence-corrected chi connectivity index (χ0v) is 17.7. The van der Waals surface area contributed by atoms with Gasteiger partial charge in [0.25, 0.3) is 0 Å². The van der Waals surface area contributed by atoms with Crippen LogP contribution in [0.3, 0.4) is 0 Å². The Labute approximate surface area is 191 Å². The van der Waals surface area contributed by atoms with Gasteiger partial charge in [0.15, 0.2) is 0 Å². The number of hydrogen-bond donors (Lipinski definition) is 0. The molecular weight excluding hydrogens is 402 g/mol. The lowest BCUT2D eigenvalue weighted by atomic mass is 10.0. The largest absolute Gasteiger partial charge is 0.308 e. The summed E-state index contributed by atoms with van der Waals surface area (Å²) in [6.07, 6.45) is 0. The van der Waals surface area contributed by atoms with E-state index in [9.17, 15) is 10.5 Å². The van der Waals surface area contributed by atoms with E-state index in [0.717, 1.165) is 38.6 Å². The first-order valence-corrected chi connectivity index (χ1v) is 10.7. The average molecular weight is 419 g/mol. The van der Waals surface area contributed by atoms with E-state index in [1.165, 1.54) is 10.8 Å². The SMILES string of the molecule is N#Cc1ccc(-n2c3ccc(-c4ccccc4)cc3c3c4ccccc4ccc32)c(C#N)c1. The molecule has 0 N–H and O–H groups in total. The van der Waals surface area contributed by atoms with Crippen molar-refractivity contribution in [2.24, 2.45) is 0 Å². The Morgan fingerprint density at radius 2 is 1.36 bits per heavy atom. The van der Waals surface area contributed by atoms with Crippen molar-refractivity contribution < 1.29 is 0 Å². The van der Waals surface area contributed by atoms with Gasteiger partial charge in [0.2, 0.25) is 0 Å². The molecule has 0 unspecified atom stereocenters. The van der Waals surface area contributed by atoms with Crippen molar-refractivity contribution in [1.29, 1.82) is 10.5 Å². The van der Waals surface area contributed by atoms with Crippen LogP contribution in [0.4, 0.5) is 0 Å². The summed E-state index contributed by atoms with van der Waals surface area (Å²) >= 11 is 0. The molecular formula is C30H17N3. The van der Waals surface area contributed by atoms with Crippen LogP contribution in [0.1, 0.15) is 11.1 Å². The third-order valence-electron chi connectivity index (χ3n) is 6.25. The molecule has 0 radical (unpaired) electrons. The van der Waals surface area contributed by atoms with Gasteiger partial charge in [0.05, 0.1) is 33.9 Å². The molecule has 6 rings (SSSR count). The first kappa shape index (κ1) is 18.9. The average Bonchev–Trinajstić information content (AvgIpc) is 3.22. The summed E-state index contributed by atoms with van der Waals surface area (Å²) in [6, 6.07) is 39.2. The van der Waals surface area contributed by atoms with E-state index >= 15 is 0 Å². The minimum atomic E-state index is 0.480. The molecule has 0 aliphatic heterocycles. The first-order chi connectivity index (χ1) is 16.3. The van der Waals surface area contributed by atoms with Crippen LogP contribution in [0.25, 0.3) is 49.4 Å². The minimum absolute atomic E-state index is 0.480. The number of benzene rings is 5. The van der Waals surface area contributed by atoms with E-state index in [1.807, 2.05) is 24.3 Å². The first-order valence-electron chi connectivity index (χ1n) is 10.7. The molecule has 0 fully saturated rings. The van der Waals surface area contributed by atoms with E-state index in [1.54, 1.807) is 12.1 Å². The number of nitrogens with zero attached hydrogens (tertiary/aromatic N) is 3. The van der Waals surface area contributed by atoms with Gasteiger partial charge in [-0.3, -0.25) is 0 Å². The molecule has 1 heterocycles. The van der Waals surface area contributed by atoms with Crippen molar-refractivity contribution >= 4 is 32.6 Å². The molecule has 0 saturated carbocycles. The summed E-state index contributed by atoms with van der Waals surface area (Å²) in [5, 5.41) is 23.8. The predicted octanol–water partition coefficient (Wildman–Crippen LogP) is 7.35. The number of hydrogen-bond acceptors (Lipinski definition) is 2. The Morgan fingerprint density at radius 1 is 0.576 bits per heavy atom. The third-order valence-corrected chi connectivity index (χ3v) is 6.25. The summed E-state index contributed by atoms with van der Waals surface area (Å²) in [5.41, 5.74) is 6.12. The lowest BCUT2D eigenvalue weighted by Crippen LogP contribution is -1.98. The summed E-state index contributed by atoms with van der Waals surface area (Å²) < 4.78 is 2.14. The molecule has 5 aromatic carbocycles. The number of aromatic nitrogens is 1. The lowest BCUT2D eigenvalue weighted by Gasteiger charge is -2.11. The molecule has 33 heavy (non-hydrogen) atoms. The predicted molar refractivity (Wildman–Crippen MR) is 133 cm³/mol. The van der Waals surface area contributed by atoms with E-state index in [0.29, 0.717) is 11.1 Å². The summed E-state index contributed by atoms with van der Waals surface area (Å²) in [4.78, 5) is 0. The second-order valence-corrected chi connectivity index (χ2v) is 8.07. The Hall–Kier alpha value is -4.86. The van der Waals surface area contributed by atoms with E-state index in [2.05, 4.69) is 83.4 Å². The van der Waals surface area contributed by atoms with Crippen LogP contribution in [-0.2, 0) is 0 Å². The van der Waals surface area contributed by atoms with Crippen molar-refractivity contribution in [2.45, 2.75) is 0 Å². The fourth-order valence-electron chi connectivity index (χ4n) is 4.75. The number of nitriles is 2. The molecule has 0 aliphatic carbocycles. The highest BCUT2D eigenvalue weighted by molar-refractivity contribution is 6.21. The molecule has 3 nitrogen and oxygen atoms in total. The molecule has 3 heteroatoms. The van der Waals surface area contributed by atoms with Crippen molar-refractivity contribution in [3.63, 3.8) is 0 Å². The van der Waals surface area contributed by atoms with Gasteiger partial charge >= 0.3 is 0 Å². The lowest BCUT2D eigenvalue weighted by molar-refractivity contribution is 1.17. The van der Waals surface area contributed by atoms with Gasteiger partial charge in [-0.1, -0.05) is 66.7 Å². The van der Waals surface area contributed by atoms with Gasteiger partial charge in [-0.05, 0) is 58.3 Å². The van der Waals surface area contributed by atoms with Gasteiger partial charge in [-0.15, -0.1) is 0 Å². The summed E-state index contributed by atoms with van der Waals surface area (Å²) in [6.45, 7) is 0. The van der Waals surface area contributed by atoms with Crippen molar-refractivity contribution in [3.05, 3.63) is 114 Å². The monoisotopic (exact) mass is 419 g/mol. The minimum Gasteiger partial charge on any atom is -0.308 e. The second kappa shape index (κ2) is 7.38. The Bertz CT molecular complexity index is 1780. The molecule has 152 valence electrons. The topological polar surface area (TPSA) is 52.5 Å². The van der Waals surface area contributed by atoms with Gasteiger partial charge in [-0.2, -0.15) is 10.5 Å².